The second-order valence-corrected chi connectivity index (χ2v) is 6.24. The van der Waals surface area contributed by atoms with Gasteiger partial charge in [-0.1, -0.05) is 30.3 Å². The summed E-state index contributed by atoms with van der Waals surface area (Å²) < 4.78 is 0. The maximum Gasteiger partial charge on any atom is 0.274 e. The van der Waals surface area contributed by atoms with Crippen LogP contribution in [0.5, 0.6) is 0 Å². The molecule has 0 unspecified atom stereocenters. The molecule has 6 nitrogen and oxygen atoms in total. The molecule has 1 N–H and O–H groups in total. The van der Waals surface area contributed by atoms with Gasteiger partial charge in [-0.3, -0.25) is 14.9 Å². The van der Waals surface area contributed by atoms with Gasteiger partial charge in [0.05, 0.1) is 12.4 Å². The van der Waals surface area contributed by atoms with Crippen molar-refractivity contribution >= 4 is 5.91 Å². The van der Waals surface area contributed by atoms with Gasteiger partial charge in [0, 0.05) is 42.7 Å². The zero-order chi connectivity index (χ0) is 17.1. The summed E-state index contributed by atoms with van der Waals surface area (Å²) in [4.78, 5) is 22.7. The van der Waals surface area contributed by atoms with Crippen molar-refractivity contribution in [2.24, 2.45) is 0 Å². The minimum absolute atomic E-state index is 0.0569. The molecule has 2 aromatic heterocycles. The summed E-state index contributed by atoms with van der Waals surface area (Å²) in [6.45, 7) is 1.41. The van der Waals surface area contributed by atoms with E-state index in [1.165, 1.54) is 6.20 Å². The van der Waals surface area contributed by atoms with Gasteiger partial charge in [0.1, 0.15) is 5.69 Å². The predicted octanol–water partition coefficient (Wildman–Crippen LogP) is 2.89. The largest absolute Gasteiger partial charge is 0.337 e. The van der Waals surface area contributed by atoms with Gasteiger partial charge in [-0.05, 0) is 18.4 Å². The van der Waals surface area contributed by atoms with Crippen LogP contribution in [0.2, 0.25) is 0 Å². The Bertz CT molecular complexity index is 847. The average Bonchev–Trinajstić information content (AvgIpc) is 3.19. The summed E-state index contributed by atoms with van der Waals surface area (Å²) >= 11 is 0. The van der Waals surface area contributed by atoms with Crippen LogP contribution in [0.3, 0.4) is 0 Å². The van der Waals surface area contributed by atoms with Crippen molar-refractivity contribution in [1.29, 1.82) is 0 Å². The second-order valence-electron chi connectivity index (χ2n) is 6.24. The summed E-state index contributed by atoms with van der Waals surface area (Å²) in [5, 5.41) is 7.41. The molecule has 6 heteroatoms. The summed E-state index contributed by atoms with van der Waals surface area (Å²) in [6, 6.07) is 10.2. The van der Waals surface area contributed by atoms with Crippen LogP contribution in [0.1, 0.15) is 34.9 Å². The highest BCUT2D eigenvalue weighted by Gasteiger charge is 2.28. The van der Waals surface area contributed by atoms with Gasteiger partial charge in [0.25, 0.3) is 5.91 Å². The fourth-order valence-corrected chi connectivity index (χ4v) is 3.42. The van der Waals surface area contributed by atoms with Gasteiger partial charge in [0.15, 0.2) is 0 Å². The molecule has 1 aliphatic heterocycles. The Hall–Kier alpha value is -3.02. The molecule has 0 saturated carbocycles. The molecule has 0 radical (unpaired) electrons. The van der Waals surface area contributed by atoms with Crippen molar-refractivity contribution < 1.29 is 4.79 Å². The average molecular weight is 333 g/mol. The van der Waals surface area contributed by atoms with Crippen molar-refractivity contribution in [2.75, 3.05) is 13.1 Å². The number of carbonyl (C=O) groups excluding carboxylic acids is 1. The minimum Gasteiger partial charge on any atom is -0.337 e. The van der Waals surface area contributed by atoms with E-state index in [2.05, 4.69) is 32.3 Å². The Morgan fingerprint density at radius 2 is 2.04 bits per heavy atom. The number of hydrogen-bond donors (Lipinski definition) is 1. The Kier molecular flexibility index (Phi) is 4.24. The molecule has 4 rings (SSSR count). The number of nitrogens with one attached hydrogen (secondary N) is 1. The van der Waals surface area contributed by atoms with Gasteiger partial charge in [-0.2, -0.15) is 5.10 Å². The van der Waals surface area contributed by atoms with E-state index in [1.54, 1.807) is 12.4 Å². The Balaban J connectivity index is 1.57. The normalized spacial score (nSPS) is 17.4. The van der Waals surface area contributed by atoms with E-state index >= 15 is 0 Å². The molecule has 1 aliphatic rings. The van der Waals surface area contributed by atoms with Crippen LogP contribution in [0.25, 0.3) is 11.1 Å². The summed E-state index contributed by atoms with van der Waals surface area (Å²) in [5.74, 6) is 0.186. The lowest BCUT2D eigenvalue weighted by Gasteiger charge is -2.32. The third kappa shape index (κ3) is 3.15. The number of carbonyl (C=O) groups is 1. The van der Waals surface area contributed by atoms with Crippen LogP contribution < -0.4 is 0 Å². The highest BCUT2D eigenvalue weighted by atomic mass is 16.2. The van der Waals surface area contributed by atoms with Crippen molar-refractivity contribution in [1.82, 2.24) is 25.1 Å². The highest BCUT2D eigenvalue weighted by molar-refractivity contribution is 5.92. The Morgan fingerprint density at radius 3 is 2.84 bits per heavy atom. The molecule has 3 heterocycles. The number of likely N-dealkylation sites (tertiary alicyclic amines) is 1. The van der Waals surface area contributed by atoms with Crippen molar-refractivity contribution in [3.63, 3.8) is 0 Å². The first-order valence-corrected chi connectivity index (χ1v) is 8.47. The topological polar surface area (TPSA) is 74.8 Å². The first-order valence-electron chi connectivity index (χ1n) is 8.47. The molecule has 1 aromatic carbocycles. The number of rotatable bonds is 3. The lowest BCUT2D eigenvalue weighted by Crippen LogP contribution is -2.39. The second kappa shape index (κ2) is 6.84. The smallest absolute Gasteiger partial charge is 0.274 e. The fourth-order valence-electron chi connectivity index (χ4n) is 3.42. The van der Waals surface area contributed by atoms with E-state index in [4.69, 9.17) is 0 Å². The van der Waals surface area contributed by atoms with E-state index in [-0.39, 0.29) is 11.8 Å². The number of aromatic nitrogens is 4. The molecule has 1 amide bonds. The number of hydrogen-bond acceptors (Lipinski definition) is 4. The van der Waals surface area contributed by atoms with Crippen LogP contribution in [0, 0.1) is 0 Å². The van der Waals surface area contributed by atoms with Crippen LogP contribution in [-0.2, 0) is 0 Å². The van der Waals surface area contributed by atoms with Crippen molar-refractivity contribution in [3.8, 4) is 11.1 Å². The van der Waals surface area contributed by atoms with Gasteiger partial charge in [-0.25, -0.2) is 4.98 Å². The molecule has 1 atom stereocenters. The molecule has 1 saturated heterocycles. The maximum absolute atomic E-state index is 12.7. The van der Waals surface area contributed by atoms with E-state index in [1.807, 2.05) is 29.3 Å². The van der Waals surface area contributed by atoms with Gasteiger partial charge in [0.2, 0.25) is 0 Å². The highest BCUT2D eigenvalue weighted by Crippen LogP contribution is 2.33. The van der Waals surface area contributed by atoms with E-state index in [0.717, 1.165) is 36.2 Å². The molecular formula is C19H19N5O. The quantitative estimate of drug-likeness (QED) is 0.800. The number of aromatic amines is 1. The Morgan fingerprint density at radius 1 is 1.16 bits per heavy atom. The predicted molar refractivity (Wildman–Crippen MR) is 93.9 cm³/mol. The summed E-state index contributed by atoms with van der Waals surface area (Å²) in [6.07, 6.45) is 8.52. The van der Waals surface area contributed by atoms with Crippen LogP contribution in [0.15, 0.2) is 55.1 Å². The van der Waals surface area contributed by atoms with E-state index < -0.39 is 0 Å². The number of nitrogens with zero attached hydrogens (tertiary/aromatic N) is 4. The molecule has 0 spiro atoms. The molecule has 25 heavy (non-hydrogen) atoms. The molecule has 0 bridgehead atoms. The molecule has 3 aromatic rings. The van der Waals surface area contributed by atoms with E-state index in [0.29, 0.717) is 12.2 Å². The zero-order valence-corrected chi connectivity index (χ0v) is 13.8. The molecule has 126 valence electrons. The zero-order valence-electron chi connectivity index (χ0n) is 13.8. The maximum atomic E-state index is 12.7. The van der Waals surface area contributed by atoms with Gasteiger partial charge in [-0.15, -0.1) is 0 Å². The molecule has 0 aliphatic carbocycles. The fraction of sp³-hybridized carbons (Fsp3) is 0.263. The van der Waals surface area contributed by atoms with Crippen LogP contribution in [0.4, 0.5) is 0 Å². The number of amides is 1. The molecular weight excluding hydrogens is 314 g/mol. The summed E-state index contributed by atoms with van der Waals surface area (Å²) in [7, 11) is 0. The minimum atomic E-state index is -0.0569. The lowest BCUT2D eigenvalue weighted by molar-refractivity contribution is 0.0699. The number of H-pyrrole nitrogens is 1. The standard InChI is InChI=1S/C19H19N5O/c25-19(17-12-20-8-9-21-17)24-10-4-7-15(13-24)18-16(11-22-23-18)14-5-2-1-3-6-14/h1-3,5-6,8-9,11-12,15H,4,7,10,13H2,(H,22,23)/t15-/m1/s1. The number of piperidine rings is 1. The third-order valence-electron chi connectivity index (χ3n) is 4.65. The monoisotopic (exact) mass is 333 g/mol. The van der Waals surface area contributed by atoms with Crippen LogP contribution in [-0.4, -0.2) is 44.1 Å². The van der Waals surface area contributed by atoms with Gasteiger partial charge >= 0.3 is 0 Å². The molecule has 1 fully saturated rings. The number of benzene rings is 1. The van der Waals surface area contributed by atoms with Crippen LogP contribution >= 0.6 is 0 Å². The van der Waals surface area contributed by atoms with E-state index in [9.17, 15) is 4.79 Å². The SMILES string of the molecule is O=C(c1cnccn1)N1CCC[C@@H](c2[nH]ncc2-c2ccccc2)C1. The van der Waals surface area contributed by atoms with Gasteiger partial charge < -0.3 is 4.90 Å². The lowest BCUT2D eigenvalue weighted by atomic mass is 9.90. The van der Waals surface area contributed by atoms with Crippen molar-refractivity contribution in [3.05, 3.63) is 66.5 Å². The Labute approximate surface area is 145 Å². The first-order chi connectivity index (χ1) is 12.3. The van der Waals surface area contributed by atoms with Crippen molar-refractivity contribution in [2.45, 2.75) is 18.8 Å². The first kappa shape index (κ1) is 15.5. The summed E-state index contributed by atoms with van der Waals surface area (Å²) in [5.41, 5.74) is 3.75. The third-order valence-corrected chi connectivity index (χ3v) is 4.65.